The summed E-state index contributed by atoms with van der Waals surface area (Å²) in [4.78, 5) is 4.69. The highest BCUT2D eigenvalue weighted by Crippen LogP contribution is 2.31. The highest BCUT2D eigenvalue weighted by Gasteiger charge is 2.22. The Kier molecular flexibility index (Phi) is 5.85. The van der Waals surface area contributed by atoms with E-state index in [1.165, 1.54) is 6.07 Å². The zero-order chi connectivity index (χ0) is 20.2. The fourth-order valence-corrected chi connectivity index (χ4v) is 3.64. The van der Waals surface area contributed by atoms with Gasteiger partial charge in [0.15, 0.2) is 5.82 Å². The molecule has 4 rings (SSSR count). The van der Waals surface area contributed by atoms with Crippen molar-refractivity contribution in [2.75, 3.05) is 20.3 Å². The van der Waals surface area contributed by atoms with Crippen molar-refractivity contribution in [2.24, 2.45) is 5.92 Å². The van der Waals surface area contributed by atoms with Crippen LogP contribution in [0.1, 0.15) is 30.7 Å². The number of benzene rings is 2. The molecular weight excluding hydrogens is 376 g/mol. The summed E-state index contributed by atoms with van der Waals surface area (Å²) in [6.07, 6.45) is 0.0284. The van der Waals surface area contributed by atoms with E-state index in [0.29, 0.717) is 29.5 Å². The molecular formula is C22H23F2N3O2. The number of halogens is 2. The van der Waals surface area contributed by atoms with Crippen molar-refractivity contribution < 1.29 is 18.3 Å². The Morgan fingerprint density at radius 1 is 1.14 bits per heavy atom. The predicted octanol–water partition coefficient (Wildman–Crippen LogP) is 4.85. The first-order valence-electron chi connectivity index (χ1n) is 9.71. The van der Waals surface area contributed by atoms with Gasteiger partial charge in [0.2, 0.25) is 0 Å². The van der Waals surface area contributed by atoms with Crippen LogP contribution in [0.3, 0.4) is 0 Å². The summed E-state index contributed by atoms with van der Waals surface area (Å²) < 4.78 is 39.6. The molecule has 1 aliphatic heterocycles. The van der Waals surface area contributed by atoms with Crippen LogP contribution in [0.15, 0.2) is 48.5 Å². The highest BCUT2D eigenvalue weighted by molar-refractivity contribution is 5.61. The van der Waals surface area contributed by atoms with Crippen molar-refractivity contribution in [3.8, 4) is 22.8 Å². The maximum atomic E-state index is 13.5. The molecule has 5 nitrogen and oxygen atoms in total. The fraction of sp³-hybridized carbons (Fsp3) is 0.364. The highest BCUT2D eigenvalue weighted by atomic mass is 19.3. The van der Waals surface area contributed by atoms with E-state index in [2.05, 4.69) is 10.1 Å². The summed E-state index contributed by atoms with van der Waals surface area (Å²) >= 11 is 0. The SMILES string of the molecule is COc1cccc(-n2nc(-c3ccccc3C(F)F)nc2CC2CCOCC2)c1. The normalized spacial score (nSPS) is 15.0. The van der Waals surface area contributed by atoms with E-state index in [-0.39, 0.29) is 5.56 Å². The van der Waals surface area contributed by atoms with E-state index >= 15 is 0 Å². The van der Waals surface area contributed by atoms with Gasteiger partial charge in [-0.1, -0.05) is 30.3 Å². The molecule has 0 atom stereocenters. The summed E-state index contributed by atoms with van der Waals surface area (Å²) in [5.41, 5.74) is 1.09. The predicted molar refractivity (Wildman–Crippen MR) is 106 cm³/mol. The second-order valence-electron chi connectivity index (χ2n) is 7.11. The number of methoxy groups -OCH3 is 1. The Labute approximate surface area is 168 Å². The molecule has 0 spiro atoms. The van der Waals surface area contributed by atoms with Gasteiger partial charge in [-0.2, -0.15) is 0 Å². The molecule has 152 valence electrons. The van der Waals surface area contributed by atoms with Crippen molar-refractivity contribution in [3.05, 3.63) is 59.9 Å². The third-order valence-corrected chi connectivity index (χ3v) is 5.22. The van der Waals surface area contributed by atoms with Gasteiger partial charge in [-0.25, -0.2) is 18.4 Å². The lowest BCUT2D eigenvalue weighted by molar-refractivity contribution is 0.0658. The van der Waals surface area contributed by atoms with Crippen LogP contribution in [0.4, 0.5) is 8.78 Å². The van der Waals surface area contributed by atoms with Crippen LogP contribution in [0.25, 0.3) is 17.1 Å². The second kappa shape index (κ2) is 8.69. The van der Waals surface area contributed by atoms with Gasteiger partial charge in [-0.3, -0.25) is 0 Å². The molecule has 0 amide bonds. The van der Waals surface area contributed by atoms with Gasteiger partial charge in [0.1, 0.15) is 11.6 Å². The van der Waals surface area contributed by atoms with Gasteiger partial charge < -0.3 is 9.47 Å². The summed E-state index contributed by atoms with van der Waals surface area (Å²) in [7, 11) is 1.60. The molecule has 1 aliphatic rings. The third kappa shape index (κ3) is 4.29. The van der Waals surface area contributed by atoms with Gasteiger partial charge in [-0.15, -0.1) is 5.10 Å². The van der Waals surface area contributed by atoms with E-state index < -0.39 is 6.43 Å². The Morgan fingerprint density at radius 2 is 1.93 bits per heavy atom. The first-order chi connectivity index (χ1) is 14.2. The molecule has 0 aliphatic carbocycles. The Bertz CT molecular complexity index is 968. The molecule has 29 heavy (non-hydrogen) atoms. The smallest absolute Gasteiger partial charge is 0.264 e. The second-order valence-corrected chi connectivity index (χ2v) is 7.11. The maximum Gasteiger partial charge on any atom is 0.264 e. The quantitative estimate of drug-likeness (QED) is 0.595. The molecule has 0 bridgehead atoms. The van der Waals surface area contributed by atoms with Gasteiger partial charge in [0.05, 0.1) is 12.8 Å². The van der Waals surface area contributed by atoms with E-state index in [4.69, 9.17) is 9.47 Å². The van der Waals surface area contributed by atoms with Crippen molar-refractivity contribution >= 4 is 0 Å². The van der Waals surface area contributed by atoms with Crippen LogP contribution in [0, 0.1) is 5.92 Å². The minimum absolute atomic E-state index is 0.0621. The van der Waals surface area contributed by atoms with Crippen molar-refractivity contribution in [3.63, 3.8) is 0 Å². The van der Waals surface area contributed by atoms with Crippen LogP contribution < -0.4 is 4.74 Å². The topological polar surface area (TPSA) is 49.2 Å². The van der Waals surface area contributed by atoms with Gasteiger partial charge >= 0.3 is 0 Å². The van der Waals surface area contributed by atoms with Gasteiger partial charge in [0.25, 0.3) is 6.43 Å². The molecule has 1 saturated heterocycles. The number of aromatic nitrogens is 3. The Balaban J connectivity index is 1.78. The third-order valence-electron chi connectivity index (χ3n) is 5.22. The molecule has 0 saturated carbocycles. The van der Waals surface area contributed by atoms with Gasteiger partial charge in [-0.05, 0) is 30.9 Å². The zero-order valence-electron chi connectivity index (χ0n) is 16.2. The lowest BCUT2D eigenvalue weighted by Gasteiger charge is -2.21. The molecule has 2 aromatic carbocycles. The standard InChI is InChI=1S/C22H23F2N3O2/c1-28-17-6-4-5-16(14-17)27-20(13-15-9-11-29-12-10-15)25-22(26-27)19-8-3-2-7-18(19)21(23)24/h2-8,14-15,21H,9-13H2,1H3. The molecule has 3 aromatic rings. The average Bonchev–Trinajstić information content (AvgIpc) is 3.18. The largest absolute Gasteiger partial charge is 0.497 e. The number of hydrogen-bond donors (Lipinski definition) is 0. The maximum absolute atomic E-state index is 13.5. The summed E-state index contributed by atoms with van der Waals surface area (Å²) in [6, 6.07) is 13.9. The summed E-state index contributed by atoms with van der Waals surface area (Å²) in [5, 5.41) is 4.62. The minimum Gasteiger partial charge on any atom is -0.497 e. The first-order valence-corrected chi connectivity index (χ1v) is 9.71. The number of ether oxygens (including phenoxy) is 2. The van der Waals surface area contributed by atoms with Gasteiger partial charge in [0, 0.05) is 36.8 Å². The minimum atomic E-state index is -2.59. The molecule has 7 heteroatoms. The van der Waals surface area contributed by atoms with E-state index in [1.54, 1.807) is 30.0 Å². The Hall–Kier alpha value is -2.80. The van der Waals surface area contributed by atoms with Crippen LogP contribution in [-0.4, -0.2) is 35.1 Å². The fourth-order valence-electron chi connectivity index (χ4n) is 3.64. The van der Waals surface area contributed by atoms with Crippen molar-refractivity contribution in [2.45, 2.75) is 25.7 Å². The molecule has 0 radical (unpaired) electrons. The van der Waals surface area contributed by atoms with E-state index in [1.807, 2.05) is 24.3 Å². The molecule has 1 aromatic heterocycles. The van der Waals surface area contributed by atoms with Crippen LogP contribution in [0.5, 0.6) is 5.75 Å². The van der Waals surface area contributed by atoms with Crippen molar-refractivity contribution in [1.82, 2.24) is 14.8 Å². The number of rotatable bonds is 6. The summed E-state index contributed by atoms with van der Waals surface area (Å²) in [6.45, 7) is 1.47. The molecule has 0 unspecified atom stereocenters. The van der Waals surface area contributed by atoms with Crippen LogP contribution >= 0.6 is 0 Å². The first kappa shape index (κ1) is 19.5. The zero-order valence-corrected chi connectivity index (χ0v) is 16.2. The molecule has 1 fully saturated rings. The lowest BCUT2D eigenvalue weighted by atomic mass is 9.96. The molecule has 2 heterocycles. The molecule has 0 N–H and O–H groups in total. The van der Waals surface area contributed by atoms with Crippen LogP contribution in [-0.2, 0) is 11.2 Å². The number of hydrogen-bond acceptors (Lipinski definition) is 4. The number of nitrogens with zero attached hydrogens (tertiary/aromatic N) is 3. The van der Waals surface area contributed by atoms with Crippen molar-refractivity contribution in [1.29, 1.82) is 0 Å². The van der Waals surface area contributed by atoms with E-state index in [9.17, 15) is 8.78 Å². The number of alkyl halides is 2. The Morgan fingerprint density at radius 3 is 2.69 bits per heavy atom. The van der Waals surface area contributed by atoms with Crippen LogP contribution in [0.2, 0.25) is 0 Å². The van der Waals surface area contributed by atoms with E-state index in [0.717, 1.165) is 37.6 Å². The monoisotopic (exact) mass is 399 g/mol. The average molecular weight is 399 g/mol. The lowest BCUT2D eigenvalue weighted by Crippen LogP contribution is -2.19. The summed E-state index contributed by atoms with van der Waals surface area (Å²) in [5.74, 6) is 2.19.